The first-order valence-electron chi connectivity index (χ1n) is 27.3. The van der Waals surface area contributed by atoms with Crippen LogP contribution in [0.1, 0.15) is 49.9 Å². The van der Waals surface area contributed by atoms with Gasteiger partial charge in [0.05, 0.1) is 38.7 Å². The Kier molecular flexibility index (Phi) is 9.61. The first-order chi connectivity index (χ1) is 38.6. The number of ether oxygens (including phenoxy) is 1. The molecular weight excluding hydrogens is 984 g/mol. The molecule has 0 unspecified atom stereocenters. The first kappa shape index (κ1) is 45.8. The van der Waals surface area contributed by atoms with Gasteiger partial charge in [-0.3, -0.25) is 0 Å². The van der Waals surface area contributed by atoms with Crippen LogP contribution in [0.2, 0.25) is 0 Å². The second kappa shape index (κ2) is 16.6. The van der Waals surface area contributed by atoms with Crippen molar-refractivity contribution in [3.63, 3.8) is 0 Å². The highest BCUT2D eigenvalue weighted by Gasteiger charge is 2.58. The Hall–Kier alpha value is -9.35. The van der Waals surface area contributed by atoms with E-state index in [0.717, 1.165) is 118 Å². The number of rotatable bonds is 8. The molecular formula is C72H53N4O2P. The molecule has 5 aliphatic rings. The predicted molar refractivity (Wildman–Crippen MR) is 327 cm³/mol. The molecule has 11 aromatic carbocycles. The third-order valence-electron chi connectivity index (χ3n) is 17.4. The number of fused-ring (bicyclic) bond motifs is 8. The molecule has 2 aliphatic carbocycles. The van der Waals surface area contributed by atoms with Crippen molar-refractivity contribution in [2.24, 2.45) is 0 Å². The lowest BCUT2D eigenvalue weighted by atomic mass is 9.80. The highest BCUT2D eigenvalue weighted by atomic mass is 31.2. The fraction of sp³-hybridized carbons (Fsp3) is 0.0833. The lowest BCUT2D eigenvalue weighted by molar-refractivity contribution is 0.453. The first-order valence-corrected chi connectivity index (χ1v) is 29.0. The molecule has 3 aliphatic heterocycles. The van der Waals surface area contributed by atoms with Crippen molar-refractivity contribution in [1.82, 2.24) is 0 Å². The second-order valence-electron chi connectivity index (χ2n) is 22.4. The average molecular weight is 1040 g/mol. The van der Waals surface area contributed by atoms with Crippen LogP contribution in [0.15, 0.2) is 249 Å². The zero-order chi connectivity index (χ0) is 52.9. The van der Waals surface area contributed by atoms with Crippen LogP contribution in [0.5, 0.6) is 11.5 Å². The maximum Gasteiger partial charge on any atom is 0.186 e. The molecule has 0 bridgehead atoms. The summed E-state index contributed by atoms with van der Waals surface area (Å²) in [5, 5.41) is 2.37. The Balaban J connectivity index is 0.975. The van der Waals surface area contributed by atoms with Gasteiger partial charge in [-0.2, -0.15) is 0 Å². The number of hydrogen-bond donors (Lipinski definition) is 0. The Labute approximate surface area is 461 Å². The summed E-state index contributed by atoms with van der Waals surface area (Å²) in [6.45, 7) is 9.32. The number of benzene rings is 11. The van der Waals surface area contributed by atoms with Crippen LogP contribution in [-0.2, 0) is 15.4 Å². The molecule has 6 nitrogen and oxygen atoms in total. The summed E-state index contributed by atoms with van der Waals surface area (Å²) in [5.41, 5.74) is 19.8. The van der Waals surface area contributed by atoms with E-state index in [-0.39, 0.29) is 0 Å². The van der Waals surface area contributed by atoms with Gasteiger partial charge in [-0.25, -0.2) is 0 Å². The van der Waals surface area contributed by atoms with Gasteiger partial charge in [0, 0.05) is 67.5 Å². The molecule has 0 spiro atoms. The van der Waals surface area contributed by atoms with E-state index in [9.17, 15) is 0 Å². The third-order valence-corrected chi connectivity index (χ3v) is 20.6. The number of anilines is 12. The molecule has 0 aromatic heterocycles. The van der Waals surface area contributed by atoms with Gasteiger partial charge in [0.15, 0.2) is 7.14 Å². The van der Waals surface area contributed by atoms with Gasteiger partial charge in [-0.1, -0.05) is 155 Å². The molecule has 0 N–H and O–H groups in total. The van der Waals surface area contributed by atoms with Crippen molar-refractivity contribution in [3.8, 4) is 33.8 Å². The molecule has 0 saturated heterocycles. The van der Waals surface area contributed by atoms with E-state index < -0.39 is 18.0 Å². The maximum absolute atomic E-state index is 18.3. The van der Waals surface area contributed by atoms with Crippen LogP contribution >= 0.6 is 7.14 Å². The van der Waals surface area contributed by atoms with Gasteiger partial charge in [-0.15, -0.1) is 0 Å². The van der Waals surface area contributed by atoms with E-state index >= 15 is 4.57 Å². The predicted octanol–water partition coefficient (Wildman–Crippen LogP) is 18.6. The van der Waals surface area contributed by atoms with Crippen LogP contribution in [-0.4, -0.2) is 0 Å². The van der Waals surface area contributed by atoms with Crippen LogP contribution in [0.25, 0.3) is 22.3 Å². The fourth-order valence-electron chi connectivity index (χ4n) is 14.0. The Morgan fingerprint density at radius 2 is 0.684 bits per heavy atom. The van der Waals surface area contributed by atoms with Crippen LogP contribution in [0, 0.1) is 0 Å². The van der Waals surface area contributed by atoms with Crippen molar-refractivity contribution in [2.45, 2.75) is 38.5 Å². The minimum Gasteiger partial charge on any atom is -0.455 e. The monoisotopic (exact) mass is 1040 g/mol. The van der Waals surface area contributed by atoms with Crippen molar-refractivity contribution >= 4 is 91.3 Å². The minimum atomic E-state index is -3.80. The number of hydrogen-bond acceptors (Lipinski definition) is 6. The Morgan fingerprint density at radius 1 is 0.342 bits per heavy atom. The summed E-state index contributed by atoms with van der Waals surface area (Å²) in [7, 11) is -3.80. The summed E-state index contributed by atoms with van der Waals surface area (Å²) in [6, 6.07) is 88.6. The third kappa shape index (κ3) is 6.26. The molecule has 378 valence electrons. The van der Waals surface area contributed by atoms with Gasteiger partial charge < -0.3 is 28.9 Å². The molecule has 0 saturated carbocycles. The molecule has 79 heavy (non-hydrogen) atoms. The summed E-state index contributed by atoms with van der Waals surface area (Å²) in [6.07, 6.45) is 0. The van der Waals surface area contributed by atoms with E-state index in [4.69, 9.17) is 4.74 Å². The maximum atomic E-state index is 18.3. The SMILES string of the molecule is CC1(C)c2cc(N(c3ccccc3)c3ccccc3)ccc2-c2cc3c4c(c21)Oc1c2c(cc5c1P4(=O)c1c(cccc1N5c1ccccc1)N3c1ccccc1)-c1ccc(N(c3ccccc3)c3ccccc3)cc1C2(C)C. The second-order valence-corrected chi connectivity index (χ2v) is 25.0. The van der Waals surface area contributed by atoms with Gasteiger partial charge in [0.25, 0.3) is 0 Å². The van der Waals surface area contributed by atoms with Gasteiger partial charge in [0.1, 0.15) is 11.5 Å². The fourth-order valence-corrected chi connectivity index (χ4v) is 17.5. The van der Waals surface area contributed by atoms with Crippen molar-refractivity contribution in [3.05, 3.63) is 271 Å². The average Bonchev–Trinajstić information content (AvgIpc) is 4.04. The summed E-state index contributed by atoms with van der Waals surface area (Å²) in [4.78, 5) is 9.37. The van der Waals surface area contributed by atoms with Gasteiger partial charge >= 0.3 is 0 Å². The summed E-state index contributed by atoms with van der Waals surface area (Å²) < 4.78 is 26.4. The quantitative estimate of drug-likeness (QED) is 0.141. The van der Waals surface area contributed by atoms with E-state index in [2.05, 4.69) is 296 Å². The van der Waals surface area contributed by atoms with E-state index in [1.807, 2.05) is 0 Å². The van der Waals surface area contributed by atoms with Gasteiger partial charge in [-0.05, 0) is 155 Å². The van der Waals surface area contributed by atoms with Crippen LogP contribution in [0.4, 0.5) is 68.2 Å². The standard InChI is InChI=1S/C72H53N4O2P/c1-71(2)58-42-52(73(46-24-11-5-12-25-46)47-26-13-6-14-27-47)38-40-54(58)56-44-62-69-66(64(56)71)78-67-65-57(55-41-39-53(43-59(55)72(65,3)4)74(48-28-15-7-16-29-48)49-30-17-8-18-31-49)45-63-70(67)79(69,77)68-60(75(62)50-32-19-9-20-33-50)36-23-37-61(68)76(63)51-34-21-10-22-35-51/h5-45H,1-4H3. The smallest absolute Gasteiger partial charge is 0.186 e. The highest BCUT2D eigenvalue weighted by molar-refractivity contribution is 7.87. The summed E-state index contributed by atoms with van der Waals surface area (Å²) in [5.74, 6) is 1.41. The lowest BCUT2D eigenvalue weighted by Gasteiger charge is -2.48. The molecule has 0 atom stereocenters. The van der Waals surface area contributed by atoms with Crippen molar-refractivity contribution in [1.29, 1.82) is 0 Å². The van der Waals surface area contributed by atoms with E-state index in [0.29, 0.717) is 11.5 Å². The Morgan fingerprint density at radius 3 is 1.04 bits per heavy atom. The topological polar surface area (TPSA) is 39.3 Å². The van der Waals surface area contributed by atoms with Crippen molar-refractivity contribution in [2.75, 3.05) is 19.6 Å². The highest BCUT2D eigenvalue weighted by Crippen LogP contribution is 2.71. The van der Waals surface area contributed by atoms with Crippen molar-refractivity contribution < 1.29 is 9.30 Å². The normalized spacial score (nSPS) is 15.2. The number of nitrogens with zero attached hydrogens (tertiary/aromatic N) is 4. The molecule has 0 radical (unpaired) electrons. The zero-order valence-electron chi connectivity index (χ0n) is 44.2. The zero-order valence-corrected chi connectivity index (χ0v) is 45.1. The van der Waals surface area contributed by atoms with Gasteiger partial charge in [0.2, 0.25) is 0 Å². The molecule has 7 heteroatoms. The largest absolute Gasteiger partial charge is 0.455 e. The lowest BCUT2D eigenvalue weighted by Crippen LogP contribution is -2.46. The number of para-hydroxylation sites is 6. The van der Waals surface area contributed by atoms with E-state index in [1.54, 1.807) is 0 Å². The molecule has 11 aromatic rings. The molecule has 16 rings (SSSR count). The molecule has 0 amide bonds. The minimum absolute atomic E-state index is 0.587. The van der Waals surface area contributed by atoms with E-state index in [1.165, 1.54) is 11.1 Å². The molecule has 3 heterocycles. The Bertz CT molecular complexity index is 4020. The van der Waals surface area contributed by atoms with Crippen LogP contribution in [0.3, 0.4) is 0 Å². The van der Waals surface area contributed by atoms with Crippen LogP contribution < -0.4 is 40.3 Å². The summed E-state index contributed by atoms with van der Waals surface area (Å²) >= 11 is 0. The molecule has 0 fully saturated rings.